The van der Waals surface area contributed by atoms with Crippen molar-refractivity contribution < 1.29 is 4.79 Å². The van der Waals surface area contributed by atoms with Crippen LogP contribution in [0, 0.1) is 11.3 Å². The summed E-state index contributed by atoms with van der Waals surface area (Å²) in [4.78, 5) is 16.7. The van der Waals surface area contributed by atoms with E-state index >= 15 is 0 Å². The molecule has 2 rings (SSSR count). The zero-order valence-electron chi connectivity index (χ0n) is 11.5. The first-order chi connectivity index (χ1) is 9.15. The van der Waals surface area contributed by atoms with Gasteiger partial charge in [0.05, 0.1) is 11.6 Å². The lowest BCUT2D eigenvalue weighted by molar-refractivity contribution is 0.0528. The molecule has 1 amide bonds. The molecule has 1 aliphatic rings. The Labute approximate surface area is 114 Å². The van der Waals surface area contributed by atoms with E-state index in [4.69, 9.17) is 5.26 Å². The minimum atomic E-state index is 0.0275. The van der Waals surface area contributed by atoms with Crippen molar-refractivity contribution in [2.75, 3.05) is 26.2 Å². The van der Waals surface area contributed by atoms with Crippen LogP contribution in [0.2, 0.25) is 0 Å². The molecule has 1 atom stereocenters. The molecule has 0 saturated carbocycles. The fourth-order valence-corrected chi connectivity index (χ4v) is 2.55. The van der Waals surface area contributed by atoms with Gasteiger partial charge in [-0.3, -0.25) is 9.69 Å². The van der Waals surface area contributed by atoms with Gasteiger partial charge in [-0.05, 0) is 31.7 Å². The average Bonchev–Trinajstić information content (AvgIpc) is 2.46. The average molecular weight is 257 g/mol. The van der Waals surface area contributed by atoms with Crippen molar-refractivity contribution in [1.29, 1.82) is 5.26 Å². The summed E-state index contributed by atoms with van der Waals surface area (Å²) in [6.07, 6.45) is 0. The van der Waals surface area contributed by atoms with Crippen LogP contribution < -0.4 is 0 Å². The summed E-state index contributed by atoms with van der Waals surface area (Å²) in [6, 6.07) is 9.38. The maximum atomic E-state index is 12.4. The fourth-order valence-electron chi connectivity index (χ4n) is 2.55. The van der Waals surface area contributed by atoms with Crippen LogP contribution in [0.1, 0.15) is 29.8 Å². The third kappa shape index (κ3) is 2.94. The van der Waals surface area contributed by atoms with E-state index in [0.29, 0.717) is 17.2 Å². The van der Waals surface area contributed by atoms with Crippen LogP contribution >= 0.6 is 0 Å². The molecule has 4 nitrogen and oxygen atoms in total. The predicted octanol–water partition coefficient (Wildman–Crippen LogP) is 1.72. The zero-order valence-corrected chi connectivity index (χ0v) is 11.5. The summed E-state index contributed by atoms with van der Waals surface area (Å²) in [5.74, 6) is 0.0275. The second-order valence-electron chi connectivity index (χ2n) is 4.92. The Hall–Kier alpha value is -1.86. The van der Waals surface area contributed by atoms with E-state index < -0.39 is 0 Å². The molecule has 1 unspecified atom stereocenters. The Bertz CT molecular complexity index is 506. The van der Waals surface area contributed by atoms with Crippen molar-refractivity contribution in [3.63, 3.8) is 0 Å². The summed E-state index contributed by atoms with van der Waals surface area (Å²) in [5.41, 5.74) is 1.14. The number of hydrogen-bond acceptors (Lipinski definition) is 3. The summed E-state index contributed by atoms with van der Waals surface area (Å²) >= 11 is 0. The predicted molar refractivity (Wildman–Crippen MR) is 73.8 cm³/mol. The number of carbonyl (C=O) groups is 1. The Morgan fingerprint density at radius 2 is 2.26 bits per heavy atom. The minimum absolute atomic E-state index is 0.0275. The van der Waals surface area contributed by atoms with Crippen LogP contribution in [0.4, 0.5) is 0 Å². The maximum Gasteiger partial charge on any atom is 0.253 e. The number of hydrogen-bond donors (Lipinski definition) is 0. The van der Waals surface area contributed by atoms with Crippen LogP contribution in [-0.4, -0.2) is 47.9 Å². The molecule has 0 N–H and O–H groups in total. The van der Waals surface area contributed by atoms with E-state index in [9.17, 15) is 4.79 Å². The van der Waals surface area contributed by atoms with E-state index in [1.807, 2.05) is 4.90 Å². The van der Waals surface area contributed by atoms with Gasteiger partial charge < -0.3 is 4.90 Å². The van der Waals surface area contributed by atoms with Gasteiger partial charge in [-0.1, -0.05) is 13.0 Å². The lowest BCUT2D eigenvalue weighted by Gasteiger charge is -2.39. The lowest BCUT2D eigenvalue weighted by Crippen LogP contribution is -2.53. The highest BCUT2D eigenvalue weighted by molar-refractivity contribution is 5.94. The molecular formula is C15H19N3O. The standard InChI is InChI=1S/C15H19N3O/c1-3-17-7-8-18(11-12(17)2)15(19)14-6-4-5-13(9-14)10-16/h4-6,9,12H,3,7-8,11H2,1-2H3. The molecule has 0 aliphatic carbocycles. The molecule has 100 valence electrons. The van der Waals surface area contributed by atoms with E-state index in [1.54, 1.807) is 24.3 Å². The summed E-state index contributed by atoms with van der Waals surface area (Å²) < 4.78 is 0. The Morgan fingerprint density at radius 3 is 2.89 bits per heavy atom. The van der Waals surface area contributed by atoms with Gasteiger partial charge >= 0.3 is 0 Å². The van der Waals surface area contributed by atoms with Gasteiger partial charge in [0.2, 0.25) is 0 Å². The van der Waals surface area contributed by atoms with Crippen molar-refractivity contribution >= 4 is 5.91 Å². The van der Waals surface area contributed by atoms with Crippen molar-refractivity contribution in [1.82, 2.24) is 9.80 Å². The first-order valence-electron chi connectivity index (χ1n) is 6.69. The Balaban J connectivity index is 2.10. The van der Waals surface area contributed by atoms with Gasteiger partial charge in [-0.25, -0.2) is 0 Å². The molecule has 4 heteroatoms. The number of amides is 1. The quantitative estimate of drug-likeness (QED) is 0.810. The number of likely N-dealkylation sites (N-methyl/N-ethyl adjacent to an activating group) is 1. The van der Waals surface area contributed by atoms with Crippen LogP contribution in [0.5, 0.6) is 0 Å². The van der Waals surface area contributed by atoms with Crippen LogP contribution in [0.15, 0.2) is 24.3 Å². The number of carbonyl (C=O) groups excluding carboxylic acids is 1. The van der Waals surface area contributed by atoms with Crippen molar-refractivity contribution in [3.05, 3.63) is 35.4 Å². The number of piperazine rings is 1. The molecular weight excluding hydrogens is 238 g/mol. The van der Waals surface area contributed by atoms with E-state index in [-0.39, 0.29) is 5.91 Å². The van der Waals surface area contributed by atoms with Crippen LogP contribution in [-0.2, 0) is 0 Å². The molecule has 1 fully saturated rings. The monoisotopic (exact) mass is 257 g/mol. The molecule has 1 saturated heterocycles. The van der Waals surface area contributed by atoms with Crippen molar-refractivity contribution in [2.45, 2.75) is 19.9 Å². The third-order valence-electron chi connectivity index (χ3n) is 3.70. The molecule has 1 aromatic carbocycles. The van der Waals surface area contributed by atoms with Gasteiger partial charge in [0.25, 0.3) is 5.91 Å². The first kappa shape index (κ1) is 13.6. The number of benzene rings is 1. The topological polar surface area (TPSA) is 47.3 Å². The highest BCUT2D eigenvalue weighted by atomic mass is 16.2. The Morgan fingerprint density at radius 1 is 1.47 bits per heavy atom. The first-order valence-corrected chi connectivity index (χ1v) is 6.69. The molecule has 0 aromatic heterocycles. The van der Waals surface area contributed by atoms with Gasteiger partial charge in [0.1, 0.15) is 0 Å². The van der Waals surface area contributed by atoms with Gasteiger partial charge in [0.15, 0.2) is 0 Å². The summed E-state index contributed by atoms with van der Waals surface area (Å²) in [7, 11) is 0. The van der Waals surface area contributed by atoms with Gasteiger partial charge in [0, 0.05) is 31.2 Å². The molecule has 1 heterocycles. The fraction of sp³-hybridized carbons (Fsp3) is 0.467. The summed E-state index contributed by atoms with van der Waals surface area (Å²) in [6.45, 7) is 7.74. The minimum Gasteiger partial charge on any atom is -0.336 e. The number of nitrogens with zero attached hydrogens (tertiary/aromatic N) is 3. The normalized spacial score (nSPS) is 20.1. The largest absolute Gasteiger partial charge is 0.336 e. The van der Waals surface area contributed by atoms with Gasteiger partial charge in [-0.2, -0.15) is 5.26 Å². The van der Waals surface area contributed by atoms with Crippen LogP contribution in [0.3, 0.4) is 0 Å². The smallest absolute Gasteiger partial charge is 0.253 e. The molecule has 1 aliphatic heterocycles. The Kier molecular flexibility index (Phi) is 4.18. The molecule has 1 aromatic rings. The second kappa shape index (κ2) is 5.85. The van der Waals surface area contributed by atoms with Crippen molar-refractivity contribution in [3.8, 4) is 6.07 Å². The molecule has 19 heavy (non-hydrogen) atoms. The number of nitriles is 1. The number of rotatable bonds is 2. The van der Waals surface area contributed by atoms with Gasteiger partial charge in [-0.15, -0.1) is 0 Å². The highest BCUT2D eigenvalue weighted by Gasteiger charge is 2.26. The second-order valence-corrected chi connectivity index (χ2v) is 4.92. The van der Waals surface area contributed by atoms with E-state index in [2.05, 4.69) is 24.8 Å². The SMILES string of the molecule is CCN1CCN(C(=O)c2cccc(C#N)c2)CC1C. The molecule has 0 bridgehead atoms. The lowest BCUT2D eigenvalue weighted by atomic mass is 10.1. The van der Waals surface area contributed by atoms with E-state index in [0.717, 1.165) is 26.2 Å². The maximum absolute atomic E-state index is 12.4. The zero-order chi connectivity index (χ0) is 13.8. The van der Waals surface area contributed by atoms with Crippen molar-refractivity contribution in [2.24, 2.45) is 0 Å². The molecule has 0 spiro atoms. The third-order valence-corrected chi connectivity index (χ3v) is 3.70. The highest BCUT2D eigenvalue weighted by Crippen LogP contribution is 2.13. The van der Waals surface area contributed by atoms with Crippen LogP contribution in [0.25, 0.3) is 0 Å². The molecule has 0 radical (unpaired) electrons. The summed E-state index contributed by atoms with van der Waals surface area (Å²) in [5, 5.41) is 8.88. The van der Waals surface area contributed by atoms with E-state index in [1.165, 1.54) is 0 Å².